The van der Waals surface area contributed by atoms with E-state index in [0.29, 0.717) is 6.54 Å². The molecule has 1 aliphatic heterocycles. The standard InChI is InChI=1S/C14H27N3O2/c1-4-6-7-17(13(3)18)12-14(19)16-10-8-15(5-2)9-11-16/h4-12H2,1-3H3. The zero-order valence-corrected chi connectivity index (χ0v) is 12.5. The van der Waals surface area contributed by atoms with E-state index in [-0.39, 0.29) is 18.4 Å². The number of rotatable bonds is 6. The molecular weight excluding hydrogens is 242 g/mol. The average molecular weight is 269 g/mol. The molecule has 0 spiro atoms. The van der Waals surface area contributed by atoms with E-state index in [2.05, 4.69) is 18.7 Å². The molecule has 1 saturated heterocycles. The highest BCUT2D eigenvalue weighted by molar-refractivity contribution is 5.83. The van der Waals surface area contributed by atoms with Gasteiger partial charge in [-0.1, -0.05) is 20.3 Å². The highest BCUT2D eigenvalue weighted by Crippen LogP contribution is 2.04. The smallest absolute Gasteiger partial charge is 0.242 e. The molecule has 19 heavy (non-hydrogen) atoms. The number of carbonyl (C=O) groups excluding carboxylic acids is 2. The van der Waals surface area contributed by atoms with E-state index in [0.717, 1.165) is 45.6 Å². The molecule has 1 heterocycles. The maximum atomic E-state index is 12.2. The predicted octanol–water partition coefficient (Wildman–Crippen LogP) is 0.799. The molecule has 0 atom stereocenters. The molecule has 1 aliphatic rings. The molecule has 1 fully saturated rings. The largest absolute Gasteiger partial charge is 0.339 e. The number of hydrogen-bond donors (Lipinski definition) is 0. The molecular formula is C14H27N3O2. The van der Waals surface area contributed by atoms with Gasteiger partial charge in [-0.3, -0.25) is 9.59 Å². The third-order valence-electron chi connectivity index (χ3n) is 3.73. The second kappa shape index (κ2) is 8.15. The van der Waals surface area contributed by atoms with E-state index in [9.17, 15) is 9.59 Å². The summed E-state index contributed by atoms with van der Waals surface area (Å²) < 4.78 is 0. The Morgan fingerprint density at radius 1 is 1.11 bits per heavy atom. The minimum atomic E-state index is -0.00556. The van der Waals surface area contributed by atoms with Gasteiger partial charge in [-0.25, -0.2) is 0 Å². The monoisotopic (exact) mass is 269 g/mol. The van der Waals surface area contributed by atoms with Crippen molar-refractivity contribution in [2.24, 2.45) is 0 Å². The molecule has 5 nitrogen and oxygen atoms in total. The molecule has 110 valence electrons. The van der Waals surface area contributed by atoms with Gasteiger partial charge in [-0.2, -0.15) is 0 Å². The Bertz CT molecular complexity index is 299. The number of carbonyl (C=O) groups is 2. The average Bonchev–Trinajstić information content (AvgIpc) is 2.43. The van der Waals surface area contributed by atoms with Crippen molar-refractivity contribution in [3.8, 4) is 0 Å². The van der Waals surface area contributed by atoms with E-state index in [1.165, 1.54) is 6.92 Å². The molecule has 0 unspecified atom stereocenters. The minimum absolute atomic E-state index is 0.00556. The van der Waals surface area contributed by atoms with E-state index in [1.54, 1.807) is 4.90 Å². The molecule has 5 heteroatoms. The van der Waals surface area contributed by atoms with Crippen molar-refractivity contribution >= 4 is 11.8 Å². The van der Waals surface area contributed by atoms with Crippen LogP contribution in [0.3, 0.4) is 0 Å². The molecule has 2 amide bonds. The zero-order chi connectivity index (χ0) is 14.3. The van der Waals surface area contributed by atoms with Crippen LogP contribution >= 0.6 is 0 Å². The van der Waals surface area contributed by atoms with Crippen LogP contribution in [-0.4, -0.2) is 72.3 Å². The lowest BCUT2D eigenvalue weighted by molar-refractivity contribution is -0.140. The second-order valence-corrected chi connectivity index (χ2v) is 5.11. The van der Waals surface area contributed by atoms with Crippen LogP contribution in [-0.2, 0) is 9.59 Å². The summed E-state index contributed by atoms with van der Waals surface area (Å²) in [6.45, 7) is 11.2. The van der Waals surface area contributed by atoms with Crippen molar-refractivity contribution in [1.29, 1.82) is 0 Å². The summed E-state index contributed by atoms with van der Waals surface area (Å²) in [7, 11) is 0. The fourth-order valence-corrected chi connectivity index (χ4v) is 2.27. The maximum absolute atomic E-state index is 12.2. The summed E-state index contributed by atoms with van der Waals surface area (Å²) in [5.74, 6) is 0.0797. The van der Waals surface area contributed by atoms with Crippen molar-refractivity contribution in [1.82, 2.24) is 14.7 Å². The topological polar surface area (TPSA) is 43.9 Å². The summed E-state index contributed by atoms with van der Waals surface area (Å²) in [6.07, 6.45) is 1.99. The lowest BCUT2D eigenvalue weighted by atomic mass is 10.2. The molecule has 0 bridgehead atoms. The Labute approximate surface area is 116 Å². The third kappa shape index (κ3) is 5.19. The Morgan fingerprint density at radius 3 is 2.21 bits per heavy atom. The first-order valence-corrected chi connectivity index (χ1v) is 7.34. The Kier molecular flexibility index (Phi) is 6.84. The number of amides is 2. The van der Waals surface area contributed by atoms with Crippen molar-refractivity contribution in [3.63, 3.8) is 0 Å². The summed E-state index contributed by atoms with van der Waals surface area (Å²) >= 11 is 0. The molecule has 0 saturated carbocycles. The quantitative estimate of drug-likeness (QED) is 0.716. The van der Waals surface area contributed by atoms with Crippen LogP contribution in [0, 0.1) is 0 Å². The predicted molar refractivity (Wildman–Crippen MR) is 75.9 cm³/mol. The second-order valence-electron chi connectivity index (χ2n) is 5.11. The number of hydrogen-bond acceptors (Lipinski definition) is 3. The molecule has 0 aromatic heterocycles. The van der Waals surface area contributed by atoms with E-state index >= 15 is 0 Å². The summed E-state index contributed by atoms with van der Waals surface area (Å²) in [5.41, 5.74) is 0. The number of piperazine rings is 1. The maximum Gasteiger partial charge on any atom is 0.242 e. The van der Waals surface area contributed by atoms with Crippen LogP contribution in [0.5, 0.6) is 0 Å². The van der Waals surface area contributed by atoms with Gasteiger partial charge in [-0.15, -0.1) is 0 Å². The van der Waals surface area contributed by atoms with Crippen LogP contribution in [0.2, 0.25) is 0 Å². The molecule has 0 aromatic rings. The highest BCUT2D eigenvalue weighted by atomic mass is 16.2. The first kappa shape index (κ1) is 16.0. The van der Waals surface area contributed by atoms with Crippen LogP contribution in [0.15, 0.2) is 0 Å². The van der Waals surface area contributed by atoms with Crippen molar-refractivity contribution < 1.29 is 9.59 Å². The van der Waals surface area contributed by atoms with Crippen LogP contribution < -0.4 is 0 Å². The Hall–Kier alpha value is -1.10. The van der Waals surface area contributed by atoms with Crippen molar-refractivity contribution in [2.75, 3.05) is 45.8 Å². The zero-order valence-electron chi connectivity index (χ0n) is 12.5. The van der Waals surface area contributed by atoms with Gasteiger partial charge in [0.05, 0.1) is 6.54 Å². The first-order chi connectivity index (χ1) is 9.08. The Balaban J connectivity index is 2.42. The number of unbranched alkanes of at least 4 members (excludes halogenated alkanes) is 1. The Morgan fingerprint density at radius 2 is 1.74 bits per heavy atom. The number of likely N-dealkylation sites (N-methyl/N-ethyl adjacent to an activating group) is 1. The molecule has 0 N–H and O–H groups in total. The van der Waals surface area contributed by atoms with Crippen LogP contribution in [0.1, 0.15) is 33.6 Å². The van der Waals surface area contributed by atoms with E-state index in [4.69, 9.17) is 0 Å². The van der Waals surface area contributed by atoms with Gasteiger partial charge >= 0.3 is 0 Å². The highest BCUT2D eigenvalue weighted by Gasteiger charge is 2.22. The molecule has 0 aromatic carbocycles. The third-order valence-corrected chi connectivity index (χ3v) is 3.73. The van der Waals surface area contributed by atoms with Crippen molar-refractivity contribution in [3.05, 3.63) is 0 Å². The fraction of sp³-hybridized carbons (Fsp3) is 0.857. The van der Waals surface area contributed by atoms with Gasteiger partial charge in [-0.05, 0) is 13.0 Å². The minimum Gasteiger partial charge on any atom is -0.339 e. The van der Waals surface area contributed by atoms with Crippen LogP contribution in [0.25, 0.3) is 0 Å². The van der Waals surface area contributed by atoms with Crippen molar-refractivity contribution in [2.45, 2.75) is 33.6 Å². The summed E-state index contributed by atoms with van der Waals surface area (Å²) in [6, 6.07) is 0. The fourth-order valence-electron chi connectivity index (χ4n) is 2.27. The molecule has 1 rings (SSSR count). The number of nitrogens with zero attached hydrogens (tertiary/aromatic N) is 3. The van der Waals surface area contributed by atoms with E-state index < -0.39 is 0 Å². The van der Waals surface area contributed by atoms with Gasteiger partial charge in [0.25, 0.3) is 0 Å². The van der Waals surface area contributed by atoms with Gasteiger partial charge in [0.1, 0.15) is 0 Å². The molecule has 0 radical (unpaired) electrons. The summed E-state index contributed by atoms with van der Waals surface area (Å²) in [4.78, 5) is 29.6. The summed E-state index contributed by atoms with van der Waals surface area (Å²) in [5, 5.41) is 0. The van der Waals surface area contributed by atoms with E-state index in [1.807, 2.05) is 4.90 Å². The van der Waals surface area contributed by atoms with Gasteiger partial charge in [0.2, 0.25) is 11.8 Å². The van der Waals surface area contributed by atoms with Crippen LogP contribution in [0.4, 0.5) is 0 Å². The van der Waals surface area contributed by atoms with Gasteiger partial charge in [0.15, 0.2) is 0 Å². The normalized spacial score (nSPS) is 16.5. The van der Waals surface area contributed by atoms with Gasteiger partial charge < -0.3 is 14.7 Å². The lowest BCUT2D eigenvalue weighted by Gasteiger charge is -2.35. The molecule has 0 aliphatic carbocycles. The lowest BCUT2D eigenvalue weighted by Crippen LogP contribution is -2.51. The van der Waals surface area contributed by atoms with Gasteiger partial charge in [0, 0.05) is 39.6 Å². The SMILES string of the molecule is CCCCN(CC(=O)N1CCN(CC)CC1)C(C)=O. The first-order valence-electron chi connectivity index (χ1n) is 7.34.